The van der Waals surface area contributed by atoms with Crippen molar-refractivity contribution in [1.29, 1.82) is 0 Å². The quantitative estimate of drug-likeness (QED) is 0.128. The van der Waals surface area contributed by atoms with Gasteiger partial charge in [-0.05, 0) is 12.3 Å². The van der Waals surface area contributed by atoms with Crippen molar-refractivity contribution in [2.24, 2.45) is 23.1 Å². The molecule has 176 valence electrons. The van der Waals surface area contributed by atoms with Gasteiger partial charge in [0.15, 0.2) is 0 Å². The number of carboxylic acid groups (broad SMARTS) is 1. The van der Waals surface area contributed by atoms with E-state index >= 15 is 0 Å². The van der Waals surface area contributed by atoms with E-state index in [2.05, 4.69) is 16.0 Å². The molecule has 0 aromatic rings. The number of hydrogen-bond acceptors (Lipinski definition) is 8. The van der Waals surface area contributed by atoms with E-state index in [0.29, 0.717) is 0 Å². The third-order valence-corrected chi connectivity index (χ3v) is 3.93. The van der Waals surface area contributed by atoms with Crippen LogP contribution in [0.5, 0.6) is 0 Å². The molecule has 4 atom stereocenters. The van der Waals surface area contributed by atoms with Crippen molar-refractivity contribution in [3.05, 3.63) is 0 Å². The Kier molecular flexibility index (Phi) is 11.7. The summed E-state index contributed by atoms with van der Waals surface area (Å²) in [5, 5.41) is 24.6. The molecule has 0 saturated heterocycles. The van der Waals surface area contributed by atoms with Gasteiger partial charge in [0.2, 0.25) is 29.5 Å². The lowest BCUT2D eigenvalue weighted by Gasteiger charge is -2.25. The van der Waals surface area contributed by atoms with Crippen molar-refractivity contribution >= 4 is 35.5 Å². The summed E-state index contributed by atoms with van der Waals surface area (Å²) in [6, 6.07) is -5.73. The number of hydrogen-bond donors (Lipinski definition) is 8. The highest BCUT2D eigenvalue weighted by molar-refractivity contribution is 5.96. The summed E-state index contributed by atoms with van der Waals surface area (Å²) in [4.78, 5) is 70.4. The molecule has 0 fully saturated rings. The first-order chi connectivity index (χ1) is 14.3. The lowest BCUT2D eigenvalue weighted by atomic mass is 10.0. The van der Waals surface area contributed by atoms with E-state index in [1.165, 1.54) is 0 Å². The topological polar surface area (TPSA) is 257 Å². The molecule has 11 N–H and O–H groups in total. The first-order valence-corrected chi connectivity index (χ1v) is 9.35. The molecule has 0 saturated carbocycles. The van der Waals surface area contributed by atoms with Crippen LogP contribution in [-0.2, 0) is 28.8 Å². The van der Waals surface area contributed by atoms with Gasteiger partial charge in [-0.15, -0.1) is 0 Å². The summed E-state index contributed by atoms with van der Waals surface area (Å²) in [5.74, 6) is -6.21. The lowest BCUT2D eigenvalue weighted by Crippen LogP contribution is -2.58. The van der Waals surface area contributed by atoms with Crippen molar-refractivity contribution in [2.75, 3.05) is 6.61 Å². The second-order valence-corrected chi connectivity index (χ2v) is 7.28. The van der Waals surface area contributed by atoms with E-state index in [9.17, 15) is 28.8 Å². The first kappa shape index (κ1) is 27.7. The number of aliphatic hydroxyl groups excluding tert-OH is 1. The number of nitrogens with one attached hydrogen (secondary N) is 3. The predicted molar refractivity (Wildman–Crippen MR) is 106 cm³/mol. The molecule has 31 heavy (non-hydrogen) atoms. The largest absolute Gasteiger partial charge is 0.480 e. The Morgan fingerprint density at radius 2 is 1.23 bits per heavy atom. The number of aliphatic carboxylic acids is 1. The van der Waals surface area contributed by atoms with Crippen LogP contribution in [0.1, 0.15) is 33.1 Å². The van der Waals surface area contributed by atoms with Gasteiger partial charge in [-0.25, -0.2) is 4.79 Å². The maximum atomic E-state index is 12.6. The molecule has 14 nitrogen and oxygen atoms in total. The average Bonchev–Trinajstić information content (AvgIpc) is 2.62. The fourth-order valence-electron chi connectivity index (χ4n) is 2.43. The molecule has 5 amide bonds. The molecular weight excluding hydrogens is 416 g/mol. The number of aliphatic hydroxyl groups is 1. The molecule has 0 aromatic carbocycles. The van der Waals surface area contributed by atoms with E-state index in [4.69, 9.17) is 27.4 Å². The van der Waals surface area contributed by atoms with Crippen LogP contribution in [0.2, 0.25) is 0 Å². The van der Waals surface area contributed by atoms with Crippen LogP contribution in [0.15, 0.2) is 0 Å². The fourth-order valence-corrected chi connectivity index (χ4v) is 2.43. The average molecular weight is 446 g/mol. The highest BCUT2D eigenvalue weighted by atomic mass is 16.4. The zero-order valence-corrected chi connectivity index (χ0v) is 17.3. The minimum atomic E-state index is -1.59. The summed E-state index contributed by atoms with van der Waals surface area (Å²) in [6.45, 7) is 2.60. The Hall–Kier alpha value is -3.26. The molecule has 4 unspecified atom stereocenters. The lowest BCUT2D eigenvalue weighted by molar-refractivity contribution is -0.143. The molecule has 0 rings (SSSR count). The van der Waals surface area contributed by atoms with Crippen LogP contribution in [0.4, 0.5) is 0 Å². The second kappa shape index (κ2) is 13.1. The highest BCUT2D eigenvalue weighted by Gasteiger charge is 2.31. The first-order valence-electron chi connectivity index (χ1n) is 9.35. The van der Waals surface area contributed by atoms with E-state index in [1.807, 2.05) is 0 Å². The smallest absolute Gasteiger partial charge is 0.328 e. The van der Waals surface area contributed by atoms with Crippen molar-refractivity contribution in [3.63, 3.8) is 0 Å². The van der Waals surface area contributed by atoms with Crippen LogP contribution in [0.25, 0.3) is 0 Å². The van der Waals surface area contributed by atoms with Gasteiger partial charge in [0, 0.05) is 0 Å². The van der Waals surface area contributed by atoms with Gasteiger partial charge in [0.05, 0.1) is 25.5 Å². The van der Waals surface area contributed by atoms with Crippen molar-refractivity contribution in [2.45, 2.75) is 57.3 Å². The Labute approximate surface area is 178 Å². The van der Waals surface area contributed by atoms with E-state index < -0.39 is 79.1 Å². The van der Waals surface area contributed by atoms with Crippen LogP contribution in [0, 0.1) is 5.92 Å². The summed E-state index contributed by atoms with van der Waals surface area (Å²) in [6.07, 6.45) is -1.06. The van der Waals surface area contributed by atoms with Gasteiger partial charge in [-0.1, -0.05) is 13.8 Å². The number of primary amides is 2. The normalized spacial score (nSPS) is 14.6. The van der Waals surface area contributed by atoms with Crippen molar-refractivity contribution in [3.8, 4) is 0 Å². The zero-order valence-electron chi connectivity index (χ0n) is 17.3. The third-order valence-electron chi connectivity index (χ3n) is 3.93. The standard InChI is InChI=1S/C17H30N6O8/c1-7(2)3-9(15(28)23-11(6-24)17(30)31)22-16(29)10(5-13(20)26)21-14(27)8(18)4-12(19)25/h7-11,24H,3-6,18H2,1-2H3,(H2,19,25)(H2,20,26)(H,21,27)(H,22,29)(H,23,28)(H,30,31). The molecule has 0 aromatic heterocycles. The summed E-state index contributed by atoms with van der Waals surface area (Å²) < 4.78 is 0. The Morgan fingerprint density at radius 1 is 0.774 bits per heavy atom. The molecular formula is C17H30N6O8. The van der Waals surface area contributed by atoms with Crippen LogP contribution < -0.4 is 33.2 Å². The van der Waals surface area contributed by atoms with Crippen molar-refractivity contribution < 1.29 is 39.0 Å². The van der Waals surface area contributed by atoms with Crippen LogP contribution >= 0.6 is 0 Å². The van der Waals surface area contributed by atoms with Gasteiger partial charge < -0.3 is 43.4 Å². The highest BCUT2D eigenvalue weighted by Crippen LogP contribution is 2.07. The Balaban J connectivity index is 5.45. The molecule has 14 heteroatoms. The maximum absolute atomic E-state index is 12.6. The van der Waals surface area contributed by atoms with Gasteiger partial charge in [0.25, 0.3) is 0 Å². The van der Waals surface area contributed by atoms with Gasteiger partial charge in [-0.2, -0.15) is 0 Å². The van der Waals surface area contributed by atoms with E-state index in [1.54, 1.807) is 13.8 Å². The number of nitrogens with two attached hydrogens (primary N) is 3. The monoisotopic (exact) mass is 446 g/mol. The third kappa shape index (κ3) is 10.9. The van der Waals surface area contributed by atoms with Gasteiger partial charge in [-0.3, -0.25) is 24.0 Å². The number of carbonyl (C=O) groups excluding carboxylic acids is 5. The molecule has 0 radical (unpaired) electrons. The summed E-state index contributed by atoms with van der Waals surface area (Å²) in [5.41, 5.74) is 15.6. The number of carboxylic acids is 1. The zero-order chi connectivity index (χ0) is 24.3. The van der Waals surface area contributed by atoms with Crippen molar-refractivity contribution in [1.82, 2.24) is 16.0 Å². The number of amides is 5. The molecule has 0 heterocycles. The van der Waals surface area contributed by atoms with E-state index in [-0.39, 0.29) is 12.3 Å². The minimum absolute atomic E-state index is 0.0772. The Bertz CT molecular complexity index is 698. The molecule has 0 aliphatic heterocycles. The molecule has 0 aliphatic rings. The van der Waals surface area contributed by atoms with Gasteiger partial charge >= 0.3 is 5.97 Å². The fraction of sp³-hybridized carbons (Fsp3) is 0.647. The van der Waals surface area contributed by atoms with Crippen LogP contribution in [0.3, 0.4) is 0 Å². The summed E-state index contributed by atoms with van der Waals surface area (Å²) >= 11 is 0. The Morgan fingerprint density at radius 3 is 1.65 bits per heavy atom. The predicted octanol–water partition coefficient (Wildman–Crippen LogP) is -4.36. The number of rotatable bonds is 14. The van der Waals surface area contributed by atoms with Gasteiger partial charge in [0.1, 0.15) is 18.1 Å². The SMILES string of the molecule is CC(C)CC(NC(=O)C(CC(N)=O)NC(=O)C(N)CC(N)=O)C(=O)NC(CO)C(=O)O. The minimum Gasteiger partial charge on any atom is -0.480 e. The van der Waals surface area contributed by atoms with E-state index in [0.717, 1.165) is 0 Å². The number of carbonyl (C=O) groups is 6. The molecule has 0 spiro atoms. The molecule has 0 aliphatic carbocycles. The summed E-state index contributed by atoms with van der Waals surface area (Å²) in [7, 11) is 0. The second-order valence-electron chi connectivity index (χ2n) is 7.28. The molecule has 0 bridgehead atoms. The van der Waals surface area contributed by atoms with Crippen LogP contribution in [-0.4, -0.2) is 76.5 Å². The maximum Gasteiger partial charge on any atom is 0.328 e.